The van der Waals surface area contributed by atoms with Crippen LogP contribution in [0.4, 0.5) is 11.9 Å². The number of aromatic nitrogens is 4. The van der Waals surface area contributed by atoms with Crippen molar-refractivity contribution in [3.05, 3.63) is 30.1 Å². The number of hydrogen-bond acceptors (Lipinski definition) is 7. The van der Waals surface area contributed by atoms with Crippen LogP contribution in [0.3, 0.4) is 0 Å². The van der Waals surface area contributed by atoms with Gasteiger partial charge >= 0.3 is 6.01 Å². The first-order chi connectivity index (χ1) is 9.63. The van der Waals surface area contributed by atoms with Crippen molar-refractivity contribution < 1.29 is 4.74 Å². The molecule has 2 rings (SSSR count). The maximum atomic E-state index is 5.62. The van der Waals surface area contributed by atoms with Crippen LogP contribution in [0.2, 0.25) is 0 Å². The van der Waals surface area contributed by atoms with Crippen LogP contribution in [0.5, 0.6) is 6.01 Å². The Bertz CT molecular complexity index is 546. The van der Waals surface area contributed by atoms with Gasteiger partial charge in [0, 0.05) is 24.9 Å². The first-order valence-electron chi connectivity index (χ1n) is 6.45. The van der Waals surface area contributed by atoms with Gasteiger partial charge in [-0.25, -0.2) is 0 Å². The van der Waals surface area contributed by atoms with E-state index < -0.39 is 0 Å². The second-order valence-electron chi connectivity index (χ2n) is 4.46. The van der Waals surface area contributed by atoms with Crippen LogP contribution in [0.25, 0.3) is 0 Å². The summed E-state index contributed by atoms with van der Waals surface area (Å²) >= 11 is 0. The van der Waals surface area contributed by atoms with Crippen LogP contribution in [0, 0.1) is 0 Å². The van der Waals surface area contributed by atoms with E-state index in [1.165, 1.54) is 0 Å². The fraction of sp³-hybridized carbons (Fsp3) is 0.385. The van der Waals surface area contributed by atoms with Gasteiger partial charge in [-0.1, -0.05) is 6.07 Å². The lowest BCUT2D eigenvalue weighted by Gasteiger charge is -2.10. The zero-order valence-electron chi connectivity index (χ0n) is 11.6. The number of nitrogen functional groups attached to an aromatic ring is 1. The van der Waals surface area contributed by atoms with Crippen molar-refractivity contribution in [3.8, 4) is 6.01 Å². The summed E-state index contributed by atoms with van der Waals surface area (Å²) < 4.78 is 5.41. The summed E-state index contributed by atoms with van der Waals surface area (Å²) in [6.07, 6.45) is 2.52. The number of ether oxygens (including phenoxy) is 1. The lowest BCUT2D eigenvalue weighted by molar-refractivity contribution is 0.222. The lowest BCUT2D eigenvalue weighted by Crippen LogP contribution is -2.14. The summed E-state index contributed by atoms with van der Waals surface area (Å²) in [5.74, 6) is 0.542. The monoisotopic (exact) mass is 274 g/mol. The molecule has 0 unspecified atom stereocenters. The maximum absolute atomic E-state index is 5.62. The molecule has 0 bridgehead atoms. The van der Waals surface area contributed by atoms with Crippen molar-refractivity contribution in [1.82, 2.24) is 19.9 Å². The molecule has 0 aliphatic carbocycles. The first kappa shape index (κ1) is 14.0. The molecular formula is C13H18N6O. The zero-order chi connectivity index (χ0) is 14.4. The van der Waals surface area contributed by atoms with Gasteiger partial charge in [0.05, 0.1) is 6.10 Å². The Balaban J connectivity index is 1.93. The molecule has 0 radical (unpaired) electrons. The Kier molecular flexibility index (Phi) is 4.65. The van der Waals surface area contributed by atoms with E-state index in [0.29, 0.717) is 12.5 Å². The molecule has 106 valence electrons. The van der Waals surface area contributed by atoms with Crippen molar-refractivity contribution in [3.63, 3.8) is 0 Å². The molecule has 7 heteroatoms. The maximum Gasteiger partial charge on any atom is 0.323 e. The van der Waals surface area contributed by atoms with E-state index in [1.807, 2.05) is 32.0 Å². The van der Waals surface area contributed by atoms with Crippen LogP contribution >= 0.6 is 0 Å². The summed E-state index contributed by atoms with van der Waals surface area (Å²) in [5, 5.41) is 3.09. The van der Waals surface area contributed by atoms with Crippen molar-refractivity contribution in [2.45, 2.75) is 26.4 Å². The van der Waals surface area contributed by atoms with Gasteiger partial charge < -0.3 is 15.8 Å². The average Bonchev–Trinajstić information content (AvgIpc) is 2.38. The number of pyridine rings is 1. The van der Waals surface area contributed by atoms with Gasteiger partial charge in [0.15, 0.2) is 0 Å². The summed E-state index contributed by atoms with van der Waals surface area (Å²) in [6, 6.07) is 6.04. The van der Waals surface area contributed by atoms with Crippen LogP contribution < -0.4 is 15.8 Å². The minimum Gasteiger partial charge on any atom is -0.461 e. The molecule has 0 aliphatic heterocycles. The smallest absolute Gasteiger partial charge is 0.323 e. The zero-order valence-corrected chi connectivity index (χ0v) is 11.6. The van der Waals surface area contributed by atoms with E-state index >= 15 is 0 Å². The Morgan fingerprint density at radius 1 is 1.25 bits per heavy atom. The Hall–Kier alpha value is -2.44. The summed E-state index contributed by atoms with van der Waals surface area (Å²) in [5.41, 5.74) is 6.62. The standard InChI is InChI=1S/C13H18N6O/c1-9(2)20-13-18-11(14)17-12(19-13)16-8-6-10-5-3-4-7-15-10/h3-5,7,9H,6,8H2,1-2H3,(H3,14,16,17,18,19). The SMILES string of the molecule is CC(C)Oc1nc(N)nc(NCCc2ccccn2)n1. The normalized spacial score (nSPS) is 10.6. The molecule has 0 spiro atoms. The van der Waals surface area contributed by atoms with E-state index in [2.05, 4.69) is 25.3 Å². The summed E-state index contributed by atoms with van der Waals surface area (Å²) in [4.78, 5) is 16.3. The minimum atomic E-state index is -0.0156. The Morgan fingerprint density at radius 3 is 2.80 bits per heavy atom. The molecule has 2 aromatic rings. The highest BCUT2D eigenvalue weighted by atomic mass is 16.5. The second-order valence-corrected chi connectivity index (χ2v) is 4.46. The van der Waals surface area contributed by atoms with Crippen LogP contribution in [0.15, 0.2) is 24.4 Å². The highest BCUT2D eigenvalue weighted by molar-refractivity contribution is 5.32. The van der Waals surface area contributed by atoms with Gasteiger partial charge in [-0.15, -0.1) is 0 Å². The van der Waals surface area contributed by atoms with Crippen molar-refractivity contribution in [2.24, 2.45) is 0 Å². The van der Waals surface area contributed by atoms with Gasteiger partial charge in [-0.3, -0.25) is 4.98 Å². The molecule has 20 heavy (non-hydrogen) atoms. The van der Waals surface area contributed by atoms with E-state index in [9.17, 15) is 0 Å². The molecule has 0 saturated heterocycles. The van der Waals surface area contributed by atoms with Gasteiger partial charge in [-0.2, -0.15) is 15.0 Å². The van der Waals surface area contributed by atoms with Crippen molar-refractivity contribution in [1.29, 1.82) is 0 Å². The molecule has 3 N–H and O–H groups in total. The second kappa shape index (κ2) is 6.65. The largest absolute Gasteiger partial charge is 0.461 e. The third-order valence-electron chi connectivity index (χ3n) is 2.36. The van der Waals surface area contributed by atoms with E-state index in [1.54, 1.807) is 6.20 Å². The van der Waals surface area contributed by atoms with Gasteiger partial charge in [-0.05, 0) is 26.0 Å². The number of hydrogen-bond donors (Lipinski definition) is 2. The molecule has 2 heterocycles. The van der Waals surface area contributed by atoms with E-state index in [4.69, 9.17) is 10.5 Å². The minimum absolute atomic E-state index is 0.0156. The topological polar surface area (TPSA) is 98.8 Å². The highest BCUT2D eigenvalue weighted by Gasteiger charge is 2.06. The van der Waals surface area contributed by atoms with Gasteiger partial charge in [0.25, 0.3) is 0 Å². The third kappa shape index (κ3) is 4.34. The van der Waals surface area contributed by atoms with Crippen molar-refractivity contribution in [2.75, 3.05) is 17.6 Å². The number of rotatable bonds is 6. The summed E-state index contributed by atoms with van der Waals surface area (Å²) in [6.45, 7) is 4.45. The quantitative estimate of drug-likeness (QED) is 0.818. The number of nitrogens with zero attached hydrogens (tertiary/aromatic N) is 4. The van der Waals surface area contributed by atoms with E-state index in [-0.39, 0.29) is 18.1 Å². The molecule has 0 amide bonds. The molecule has 7 nitrogen and oxygen atoms in total. The molecule has 0 fully saturated rings. The van der Waals surface area contributed by atoms with Crippen LogP contribution in [0.1, 0.15) is 19.5 Å². The Labute approximate surface area is 117 Å². The Morgan fingerprint density at radius 2 is 2.10 bits per heavy atom. The number of nitrogens with two attached hydrogens (primary N) is 1. The highest BCUT2D eigenvalue weighted by Crippen LogP contribution is 2.10. The molecular weight excluding hydrogens is 256 g/mol. The number of nitrogens with one attached hydrogen (secondary N) is 1. The molecule has 0 aliphatic rings. The van der Waals surface area contributed by atoms with Gasteiger partial charge in [0.1, 0.15) is 0 Å². The van der Waals surface area contributed by atoms with E-state index in [0.717, 1.165) is 12.1 Å². The fourth-order valence-electron chi connectivity index (χ4n) is 1.56. The first-order valence-corrected chi connectivity index (χ1v) is 6.45. The predicted molar refractivity (Wildman–Crippen MR) is 76.4 cm³/mol. The average molecular weight is 274 g/mol. The number of anilines is 2. The fourth-order valence-corrected chi connectivity index (χ4v) is 1.56. The molecule has 0 atom stereocenters. The predicted octanol–water partition coefficient (Wildman–Crippen LogP) is 1.29. The third-order valence-corrected chi connectivity index (χ3v) is 2.36. The molecule has 0 aromatic carbocycles. The molecule has 2 aromatic heterocycles. The van der Waals surface area contributed by atoms with Crippen molar-refractivity contribution >= 4 is 11.9 Å². The van der Waals surface area contributed by atoms with Crippen LogP contribution in [-0.2, 0) is 6.42 Å². The summed E-state index contributed by atoms with van der Waals surface area (Å²) in [7, 11) is 0. The lowest BCUT2D eigenvalue weighted by atomic mass is 10.3. The molecule has 0 saturated carbocycles. The van der Waals surface area contributed by atoms with Gasteiger partial charge in [0.2, 0.25) is 11.9 Å². The van der Waals surface area contributed by atoms with Crippen LogP contribution in [-0.4, -0.2) is 32.6 Å².